The van der Waals surface area contributed by atoms with Crippen LogP contribution in [-0.4, -0.2) is 38.8 Å². The van der Waals surface area contributed by atoms with Gasteiger partial charge in [0.15, 0.2) is 4.34 Å². The molecule has 2 atom stereocenters. The number of hydrogen-bond donors (Lipinski definition) is 3. The molecule has 3 N–H and O–H groups in total. The highest BCUT2D eigenvalue weighted by atomic mass is 32.2. The number of carbonyl (C=O) groups is 3. The first kappa shape index (κ1) is 19.6. The summed E-state index contributed by atoms with van der Waals surface area (Å²) in [6.45, 7) is 0. The predicted octanol–water partition coefficient (Wildman–Crippen LogP) is 3.69. The number of nitrogens with zero attached hydrogens (tertiary/aromatic N) is 1. The first-order valence-corrected chi connectivity index (χ1v) is 10.5. The lowest BCUT2D eigenvalue weighted by atomic mass is 9.78. The van der Waals surface area contributed by atoms with Gasteiger partial charge < -0.3 is 15.5 Å². The summed E-state index contributed by atoms with van der Waals surface area (Å²) in [5.41, 5.74) is 1.41. The van der Waals surface area contributed by atoms with Crippen LogP contribution in [0.15, 0.2) is 22.5 Å². The fraction of sp³-hybridized carbons (Fsp3) is 0.444. The second kappa shape index (κ2) is 8.71. The summed E-state index contributed by atoms with van der Waals surface area (Å²) in [7, 11) is 0. The summed E-state index contributed by atoms with van der Waals surface area (Å²) in [5.74, 6) is -2.66. The van der Waals surface area contributed by atoms with Gasteiger partial charge in [0.1, 0.15) is 0 Å². The number of fused-ring (bicyclic) bond motifs is 1. The van der Waals surface area contributed by atoms with Gasteiger partial charge in [0.2, 0.25) is 5.91 Å². The number of aromatic nitrogens is 1. The average Bonchev–Trinajstić information content (AvgIpc) is 3.03. The van der Waals surface area contributed by atoms with E-state index in [0.717, 1.165) is 27.4 Å². The van der Waals surface area contributed by atoms with Crippen molar-refractivity contribution < 1.29 is 24.6 Å². The summed E-state index contributed by atoms with van der Waals surface area (Å²) < 4.78 is 1.68. The molecule has 3 rings (SSSR count). The average molecular weight is 409 g/mol. The quantitative estimate of drug-likeness (QED) is 0.598. The van der Waals surface area contributed by atoms with Crippen LogP contribution >= 0.6 is 23.1 Å². The minimum absolute atomic E-state index is 0.0774. The number of carbonyl (C=O) groups excluding carboxylic acids is 1. The van der Waals surface area contributed by atoms with Crippen LogP contribution in [0.5, 0.6) is 0 Å². The predicted molar refractivity (Wildman–Crippen MR) is 104 cm³/mol. The Kier molecular flexibility index (Phi) is 6.33. The zero-order valence-electron chi connectivity index (χ0n) is 14.5. The smallest absolute Gasteiger partial charge is 0.307 e. The van der Waals surface area contributed by atoms with E-state index in [9.17, 15) is 19.5 Å². The lowest BCUT2D eigenvalue weighted by Gasteiger charge is -2.27. The monoisotopic (exact) mass is 408 g/mol. The van der Waals surface area contributed by atoms with Crippen LogP contribution in [0.2, 0.25) is 0 Å². The third kappa shape index (κ3) is 4.98. The van der Waals surface area contributed by atoms with Gasteiger partial charge in [-0.1, -0.05) is 24.6 Å². The Hall–Kier alpha value is -2.13. The van der Waals surface area contributed by atoms with Crippen molar-refractivity contribution in [3.05, 3.63) is 18.2 Å². The topological polar surface area (TPSA) is 117 Å². The summed E-state index contributed by atoms with van der Waals surface area (Å²) in [6.07, 6.45) is 2.92. The van der Waals surface area contributed by atoms with E-state index in [0.29, 0.717) is 24.3 Å². The number of benzene rings is 1. The van der Waals surface area contributed by atoms with E-state index >= 15 is 0 Å². The van der Waals surface area contributed by atoms with Crippen molar-refractivity contribution in [1.29, 1.82) is 0 Å². The van der Waals surface area contributed by atoms with Crippen LogP contribution in [0.3, 0.4) is 0 Å². The Morgan fingerprint density at radius 2 is 1.93 bits per heavy atom. The van der Waals surface area contributed by atoms with Gasteiger partial charge in [-0.25, -0.2) is 4.98 Å². The molecule has 27 heavy (non-hydrogen) atoms. The van der Waals surface area contributed by atoms with Gasteiger partial charge in [0.05, 0.1) is 28.5 Å². The van der Waals surface area contributed by atoms with E-state index in [1.807, 2.05) is 6.07 Å². The molecular weight excluding hydrogens is 388 g/mol. The van der Waals surface area contributed by atoms with Gasteiger partial charge in [-0.05, 0) is 31.0 Å². The molecule has 0 bridgehead atoms. The Morgan fingerprint density at radius 3 is 2.63 bits per heavy atom. The Labute approximate surface area is 164 Å². The molecule has 0 aliphatic heterocycles. The van der Waals surface area contributed by atoms with E-state index in [4.69, 9.17) is 5.11 Å². The van der Waals surface area contributed by atoms with E-state index < -0.39 is 23.8 Å². The molecular formula is C18H20N2O5S2. The summed E-state index contributed by atoms with van der Waals surface area (Å²) in [4.78, 5) is 39.0. The standard InChI is InChI=1S/C18H20N2O5S2/c21-15(22)7-8-26-18-20-13-6-5-10(9-14(13)27-18)19-16(23)11-3-1-2-4-12(11)17(24)25/h5-6,9,11-12H,1-4,7-8H2,(H,19,23)(H,21,22)(H,24,25)/t11-,12-/m0/s1. The molecule has 1 amide bonds. The molecule has 1 fully saturated rings. The lowest BCUT2D eigenvalue weighted by molar-refractivity contribution is -0.147. The maximum Gasteiger partial charge on any atom is 0.307 e. The van der Waals surface area contributed by atoms with Gasteiger partial charge in [0, 0.05) is 11.4 Å². The van der Waals surface area contributed by atoms with E-state index in [-0.39, 0.29) is 12.3 Å². The zero-order chi connectivity index (χ0) is 19.4. The normalized spacial score (nSPS) is 19.7. The molecule has 0 spiro atoms. The molecule has 1 aromatic carbocycles. The first-order chi connectivity index (χ1) is 12.9. The van der Waals surface area contributed by atoms with Gasteiger partial charge in [-0.3, -0.25) is 14.4 Å². The van der Waals surface area contributed by atoms with Gasteiger partial charge in [-0.15, -0.1) is 11.3 Å². The van der Waals surface area contributed by atoms with Crippen LogP contribution in [0.25, 0.3) is 10.2 Å². The number of hydrogen-bond acceptors (Lipinski definition) is 6. The molecule has 0 unspecified atom stereocenters. The molecule has 1 aliphatic rings. The van der Waals surface area contributed by atoms with E-state index in [2.05, 4.69) is 10.3 Å². The molecule has 9 heteroatoms. The summed E-state index contributed by atoms with van der Waals surface area (Å²) >= 11 is 2.84. The van der Waals surface area contributed by atoms with Crippen molar-refractivity contribution in [2.24, 2.45) is 11.8 Å². The third-order valence-electron chi connectivity index (χ3n) is 4.60. The molecule has 0 saturated heterocycles. The highest BCUT2D eigenvalue weighted by Gasteiger charge is 2.35. The number of carboxylic acids is 2. The van der Waals surface area contributed by atoms with Crippen LogP contribution in [-0.2, 0) is 14.4 Å². The molecule has 1 aliphatic carbocycles. The molecule has 2 aromatic rings. The number of amides is 1. The van der Waals surface area contributed by atoms with Gasteiger partial charge in [0.25, 0.3) is 0 Å². The SMILES string of the molecule is O=C(O)CCSc1nc2ccc(NC(=O)[C@H]3CCCC[C@@H]3C(=O)O)cc2s1. The number of thioether (sulfide) groups is 1. The minimum atomic E-state index is -0.907. The maximum atomic E-state index is 12.6. The first-order valence-electron chi connectivity index (χ1n) is 8.73. The molecule has 1 heterocycles. The van der Waals surface area contributed by atoms with Crippen LogP contribution in [0.1, 0.15) is 32.1 Å². The summed E-state index contributed by atoms with van der Waals surface area (Å²) in [6, 6.07) is 5.38. The molecule has 0 radical (unpaired) electrons. The lowest BCUT2D eigenvalue weighted by Crippen LogP contribution is -2.36. The van der Waals surface area contributed by atoms with Gasteiger partial charge in [-0.2, -0.15) is 0 Å². The van der Waals surface area contributed by atoms with Crippen molar-refractivity contribution in [3.8, 4) is 0 Å². The molecule has 144 valence electrons. The number of nitrogens with one attached hydrogen (secondary N) is 1. The second-order valence-electron chi connectivity index (χ2n) is 6.48. The highest BCUT2D eigenvalue weighted by molar-refractivity contribution is 8.01. The van der Waals surface area contributed by atoms with Crippen molar-refractivity contribution in [3.63, 3.8) is 0 Å². The molecule has 1 aromatic heterocycles. The van der Waals surface area contributed by atoms with Crippen molar-refractivity contribution in [2.75, 3.05) is 11.1 Å². The maximum absolute atomic E-state index is 12.6. The largest absolute Gasteiger partial charge is 0.481 e. The van der Waals surface area contributed by atoms with Crippen LogP contribution in [0.4, 0.5) is 5.69 Å². The minimum Gasteiger partial charge on any atom is -0.481 e. The van der Waals surface area contributed by atoms with Gasteiger partial charge >= 0.3 is 11.9 Å². The Balaban J connectivity index is 1.68. The van der Waals surface area contributed by atoms with Crippen molar-refractivity contribution >= 4 is 56.8 Å². The molecule has 1 saturated carbocycles. The van der Waals surface area contributed by atoms with E-state index in [1.54, 1.807) is 12.1 Å². The number of rotatable bonds is 7. The van der Waals surface area contributed by atoms with Crippen molar-refractivity contribution in [1.82, 2.24) is 4.98 Å². The zero-order valence-corrected chi connectivity index (χ0v) is 16.1. The number of thiazole rings is 1. The number of anilines is 1. The second-order valence-corrected chi connectivity index (χ2v) is 8.85. The van der Waals surface area contributed by atoms with Crippen LogP contribution in [0, 0.1) is 11.8 Å². The molecule has 7 nitrogen and oxygen atoms in total. The Morgan fingerprint density at radius 1 is 1.19 bits per heavy atom. The summed E-state index contributed by atoms with van der Waals surface area (Å²) in [5, 5.41) is 20.9. The fourth-order valence-electron chi connectivity index (χ4n) is 3.24. The fourth-order valence-corrected chi connectivity index (χ4v) is 5.35. The number of carboxylic acid groups (broad SMARTS) is 2. The number of aliphatic carboxylic acids is 2. The van der Waals surface area contributed by atoms with E-state index in [1.165, 1.54) is 23.1 Å². The highest BCUT2D eigenvalue weighted by Crippen LogP contribution is 2.33. The Bertz CT molecular complexity index is 867. The third-order valence-corrected chi connectivity index (χ3v) is 6.76. The van der Waals surface area contributed by atoms with Crippen LogP contribution < -0.4 is 5.32 Å². The van der Waals surface area contributed by atoms with Crippen molar-refractivity contribution in [2.45, 2.75) is 36.4 Å².